The zero-order valence-electron chi connectivity index (χ0n) is 11.7. The second-order valence-electron chi connectivity index (χ2n) is 4.62. The fourth-order valence-electron chi connectivity index (χ4n) is 2.12. The second-order valence-corrected chi connectivity index (χ2v) is 5.48. The molecule has 110 valence electrons. The highest BCUT2D eigenvalue weighted by molar-refractivity contribution is 9.10. The molecule has 4 heteroatoms. The van der Waals surface area contributed by atoms with E-state index in [1.54, 1.807) is 6.07 Å². The van der Waals surface area contributed by atoms with Crippen LogP contribution in [0.2, 0.25) is 0 Å². The Bertz CT molecular complexity index is 613. The van der Waals surface area contributed by atoms with Gasteiger partial charge >= 0.3 is 0 Å². The van der Waals surface area contributed by atoms with Crippen LogP contribution in [0.15, 0.2) is 53.0 Å². The summed E-state index contributed by atoms with van der Waals surface area (Å²) < 4.78 is 19.3. The SMILES string of the molecule is CCOC(C(=O)Cc1ccc(F)cc1Br)c1ccccc1. The van der Waals surface area contributed by atoms with Gasteiger partial charge in [0.15, 0.2) is 5.78 Å². The molecule has 21 heavy (non-hydrogen) atoms. The lowest BCUT2D eigenvalue weighted by molar-refractivity contribution is -0.130. The van der Waals surface area contributed by atoms with E-state index >= 15 is 0 Å². The number of carbonyl (C=O) groups excluding carboxylic acids is 1. The molecule has 0 aromatic heterocycles. The summed E-state index contributed by atoms with van der Waals surface area (Å²) in [5, 5.41) is 0. The number of benzene rings is 2. The molecule has 0 heterocycles. The standard InChI is InChI=1S/C17H16BrFO2/c1-2-21-17(12-6-4-3-5-7-12)16(20)10-13-8-9-14(19)11-15(13)18/h3-9,11,17H,2,10H2,1H3. The first-order valence-electron chi connectivity index (χ1n) is 6.75. The third kappa shape index (κ3) is 4.22. The van der Waals surface area contributed by atoms with Gasteiger partial charge in [-0.25, -0.2) is 4.39 Å². The number of Topliss-reactive ketones (excluding diaryl/α,β-unsaturated/α-hetero) is 1. The molecule has 0 aliphatic heterocycles. The average molecular weight is 351 g/mol. The summed E-state index contributed by atoms with van der Waals surface area (Å²) in [6, 6.07) is 13.7. The van der Waals surface area contributed by atoms with Crippen molar-refractivity contribution in [3.63, 3.8) is 0 Å². The number of carbonyl (C=O) groups is 1. The van der Waals surface area contributed by atoms with E-state index in [4.69, 9.17) is 4.74 Å². The van der Waals surface area contributed by atoms with Crippen molar-refractivity contribution in [2.24, 2.45) is 0 Å². The summed E-state index contributed by atoms with van der Waals surface area (Å²) in [4.78, 5) is 12.5. The molecule has 2 aromatic rings. The first-order chi connectivity index (χ1) is 10.1. The van der Waals surface area contributed by atoms with Crippen molar-refractivity contribution in [2.75, 3.05) is 6.61 Å². The van der Waals surface area contributed by atoms with Gasteiger partial charge in [-0.2, -0.15) is 0 Å². The van der Waals surface area contributed by atoms with Gasteiger partial charge in [-0.3, -0.25) is 4.79 Å². The highest BCUT2D eigenvalue weighted by atomic mass is 79.9. The van der Waals surface area contributed by atoms with Crippen LogP contribution in [-0.2, 0) is 16.0 Å². The molecule has 0 radical (unpaired) electrons. The maximum Gasteiger partial charge on any atom is 0.170 e. The summed E-state index contributed by atoms with van der Waals surface area (Å²) in [6.07, 6.45) is -0.395. The van der Waals surface area contributed by atoms with Crippen LogP contribution >= 0.6 is 15.9 Å². The molecule has 0 saturated heterocycles. The Hall–Kier alpha value is -1.52. The quantitative estimate of drug-likeness (QED) is 0.767. The van der Waals surface area contributed by atoms with E-state index in [9.17, 15) is 9.18 Å². The molecule has 2 aromatic carbocycles. The highest BCUT2D eigenvalue weighted by Crippen LogP contribution is 2.24. The lowest BCUT2D eigenvalue weighted by Crippen LogP contribution is -2.18. The second kappa shape index (κ2) is 7.48. The van der Waals surface area contributed by atoms with E-state index in [0.29, 0.717) is 11.1 Å². The Morgan fingerprint density at radius 1 is 1.24 bits per heavy atom. The third-order valence-corrected chi connectivity index (χ3v) is 3.85. The van der Waals surface area contributed by atoms with Crippen LogP contribution in [-0.4, -0.2) is 12.4 Å². The zero-order valence-corrected chi connectivity index (χ0v) is 13.3. The summed E-state index contributed by atoms with van der Waals surface area (Å²) in [7, 11) is 0. The molecule has 0 aliphatic rings. The molecule has 1 unspecified atom stereocenters. The van der Waals surface area contributed by atoms with Gasteiger partial charge < -0.3 is 4.74 Å². The van der Waals surface area contributed by atoms with Crippen molar-refractivity contribution in [2.45, 2.75) is 19.4 Å². The number of ketones is 1. The van der Waals surface area contributed by atoms with Crippen molar-refractivity contribution < 1.29 is 13.9 Å². The Morgan fingerprint density at radius 2 is 1.95 bits per heavy atom. The average Bonchev–Trinajstić information content (AvgIpc) is 2.48. The molecular weight excluding hydrogens is 335 g/mol. The van der Waals surface area contributed by atoms with E-state index in [0.717, 1.165) is 11.1 Å². The molecule has 0 aliphatic carbocycles. The minimum absolute atomic E-state index is 0.0460. The minimum atomic E-state index is -0.590. The van der Waals surface area contributed by atoms with Crippen LogP contribution in [0.5, 0.6) is 0 Å². The van der Waals surface area contributed by atoms with Gasteiger partial charge in [0.25, 0.3) is 0 Å². The molecule has 2 nitrogen and oxygen atoms in total. The van der Waals surface area contributed by atoms with Crippen molar-refractivity contribution in [1.29, 1.82) is 0 Å². The van der Waals surface area contributed by atoms with E-state index in [2.05, 4.69) is 15.9 Å². The van der Waals surface area contributed by atoms with Crippen LogP contribution < -0.4 is 0 Å². The summed E-state index contributed by atoms with van der Waals surface area (Å²) in [5.41, 5.74) is 1.59. The van der Waals surface area contributed by atoms with Gasteiger partial charge in [0.1, 0.15) is 11.9 Å². The van der Waals surface area contributed by atoms with Gasteiger partial charge in [-0.15, -0.1) is 0 Å². The molecule has 1 atom stereocenters. The lowest BCUT2D eigenvalue weighted by atomic mass is 10.00. The monoisotopic (exact) mass is 350 g/mol. The molecule has 0 N–H and O–H groups in total. The normalized spacial score (nSPS) is 12.1. The third-order valence-electron chi connectivity index (χ3n) is 3.11. The molecule has 2 rings (SSSR count). The van der Waals surface area contributed by atoms with Gasteiger partial charge in [0.05, 0.1) is 0 Å². The van der Waals surface area contributed by atoms with Crippen LogP contribution in [0.1, 0.15) is 24.2 Å². The van der Waals surface area contributed by atoms with Crippen molar-refractivity contribution >= 4 is 21.7 Å². The first kappa shape index (κ1) is 15.9. The van der Waals surface area contributed by atoms with Crippen LogP contribution in [0.25, 0.3) is 0 Å². The maximum atomic E-state index is 13.1. The summed E-state index contributed by atoms with van der Waals surface area (Å²) in [5.74, 6) is -0.377. The van der Waals surface area contributed by atoms with Crippen molar-refractivity contribution in [3.8, 4) is 0 Å². The predicted molar refractivity (Wildman–Crippen MR) is 83.6 cm³/mol. The molecule has 0 bridgehead atoms. The van der Waals surface area contributed by atoms with E-state index in [1.807, 2.05) is 37.3 Å². The Balaban J connectivity index is 2.19. The smallest absolute Gasteiger partial charge is 0.170 e. The van der Waals surface area contributed by atoms with Crippen molar-refractivity contribution in [3.05, 3.63) is 69.9 Å². The molecule has 0 amide bonds. The predicted octanol–water partition coefficient (Wildman–Crippen LogP) is 4.48. The fraction of sp³-hybridized carbons (Fsp3) is 0.235. The van der Waals surface area contributed by atoms with E-state index < -0.39 is 6.10 Å². The number of ether oxygens (including phenoxy) is 1. The Morgan fingerprint density at radius 3 is 2.57 bits per heavy atom. The van der Waals surface area contributed by atoms with Gasteiger partial charge in [0.2, 0.25) is 0 Å². The summed E-state index contributed by atoms with van der Waals surface area (Å²) in [6.45, 7) is 2.31. The number of hydrogen-bond donors (Lipinski definition) is 0. The van der Waals surface area contributed by atoms with Crippen molar-refractivity contribution in [1.82, 2.24) is 0 Å². The Kier molecular flexibility index (Phi) is 5.65. The van der Waals surface area contributed by atoms with E-state index in [-0.39, 0.29) is 18.0 Å². The van der Waals surface area contributed by atoms with Crippen LogP contribution in [0, 0.1) is 5.82 Å². The zero-order chi connectivity index (χ0) is 15.2. The minimum Gasteiger partial charge on any atom is -0.366 e. The van der Waals surface area contributed by atoms with Gasteiger partial charge in [-0.1, -0.05) is 52.3 Å². The first-order valence-corrected chi connectivity index (χ1v) is 7.54. The molecular formula is C17H16BrFO2. The topological polar surface area (TPSA) is 26.3 Å². The highest BCUT2D eigenvalue weighted by Gasteiger charge is 2.21. The Labute approximate surface area is 132 Å². The van der Waals surface area contributed by atoms with Crippen LogP contribution in [0.3, 0.4) is 0 Å². The number of halogens is 2. The maximum absolute atomic E-state index is 13.1. The molecule has 0 saturated carbocycles. The largest absolute Gasteiger partial charge is 0.366 e. The van der Waals surface area contributed by atoms with Crippen LogP contribution in [0.4, 0.5) is 4.39 Å². The van der Waals surface area contributed by atoms with Gasteiger partial charge in [0, 0.05) is 17.5 Å². The lowest BCUT2D eigenvalue weighted by Gasteiger charge is -2.16. The number of rotatable bonds is 6. The molecule has 0 fully saturated rings. The van der Waals surface area contributed by atoms with E-state index in [1.165, 1.54) is 12.1 Å². The molecule has 0 spiro atoms. The fourth-order valence-corrected chi connectivity index (χ4v) is 2.61. The number of hydrogen-bond acceptors (Lipinski definition) is 2. The summed E-state index contributed by atoms with van der Waals surface area (Å²) >= 11 is 3.29. The van der Waals surface area contributed by atoms with Gasteiger partial charge in [-0.05, 0) is 30.2 Å².